The third-order valence-electron chi connectivity index (χ3n) is 3.64. The zero-order valence-corrected chi connectivity index (χ0v) is 12.2. The molecule has 103 valence electrons. The molecule has 1 nitrogen and oxygen atoms in total. The van der Waals surface area contributed by atoms with Gasteiger partial charge in [-0.05, 0) is 12.3 Å². The second kappa shape index (κ2) is 14.0. The molecule has 1 atom stereocenters. The Labute approximate surface area is 109 Å². The van der Waals surface area contributed by atoms with E-state index in [0.717, 1.165) is 18.8 Å². The van der Waals surface area contributed by atoms with E-state index in [-0.39, 0.29) is 6.61 Å². The molecule has 0 saturated carbocycles. The van der Waals surface area contributed by atoms with Crippen LogP contribution in [0.15, 0.2) is 0 Å². The summed E-state index contributed by atoms with van der Waals surface area (Å²) in [5, 5.41) is 10.3. The smallest absolute Gasteiger partial charge is 0.0822 e. The predicted octanol–water partition coefficient (Wildman–Crippen LogP) is 5.75. The molecule has 0 spiro atoms. The SMILES string of the molecule is CCCCCCCCCCC(C)CCCC[O]. The molecule has 1 heteroatoms. The van der Waals surface area contributed by atoms with Crippen molar-refractivity contribution in [3.05, 3.63) is 0 Å². The molecule has 17 heavy (non-hydrogen) atoms. The van der Waals surface area contributed by atoms with E-state index in [1.807, 2.05) is 0 Å². The molecule has 0 heterocycles. The molecule has 0 aromatic heterocycles. The van der Waals surface area contributed by atoms with Gasteiger partial charge in [-0.2, -0.15) is 0 Å². The fourth-order valence-electron chi connectivity index (χ4n) is 2.37. The molecule has 0 saturated heterocycles. The van der Waals surface area contributed by atoms with E-state index in [2.05, 4.69) is 13.8 Å². The Morgan fingerprint density at radius 3 is 1.71 bits per heavy atom. The van der Waals surface area contributed by atoms with E-state index in [1.165, 1.54) is 64.2 Å². The summed E-state index contributed by atoms with van der Waals surface area (Å²) >= 11 is 0. The molecule has 0 aliphatic rings. The zero-order valence-electron chi connectivity index (χ0n) is 12.2. The summed E-state index contributed by atoms with van der Waals surface area (Å²) < 4.78 is 0. The maximum absolute atomic E-state index is 10.3. The van der Waals surface area contributed by atoms with Crippen LogP contribution in [0.1, 0.15) is 90.9 Å². The van der Waals surface area contributed by atoms with Crippen molar-refractivity contribution < 1.29 is 5.11 Å². The van der Waals surface area contributed by atoms with Crippen molar-refractivity contribution in [1.82, 2.24) is 0 Å². The Bertz CT molecular complexity index is 133. The fraction of sp³-hybridized carbons (Fsp3) is 1.00. The highest BCUT2D eigenvalue weighted by Gasteiger charge is 2.01. The molecule has 1 radical (unpaired) electrons. The van der Waals surface area contributed by atoms with Gasteiger partial charge in [-0.15, -0.1) is 0 Å². The Morgan fingerprint density at radius 2 is 1.18 bits per heavy atom. The summed E-state index contributed by atoms with van der Waals surface area (Å²) in [5.74, 6) is 0.835. The van der Waals surface area contributed by atoms with Crippen molar-refractivity contribution in [3.63, 3.8) is 0 Å². The minimum Gasteiger partial charge on any atom is -0.237 e. The first-order valence-corrected chi connectivity index (χ1v) is 7.89. The Balaban J connectivity index is 3.05. The number of unbranched alkanes of at least 4 members (excludes halogenated alkanes) is 8. The summed E-state index contributed by atoms with van der Waals surface area (Å²) in [5.41, 5.74) is 0. The lowest BCUT2D eigenvalue weighted by atomic mass is 9.97. The van der Waals surface area contributed by atoms with E-state index in [0.29, 0.717) is 0 Å². The van der Waals surface area contributed by atoms with Crippen LogP contribution in [0.2, 0.25) is 0 Å². The van der Waals surface area contributed by atoms with Crippen molar-refractivity contribution >= 4 is 0 Å². The first kappa shape index (κ1) is 17.0. The highest BCUT2D eigenvalue weighted by Crippen LogP contribution is 2.17. The standard InChI is InChI=1S/C16H33O/c1-3-4-5-6-7-8-9-10-13-16(2)14-11-12-15-17/h16H,3-15H2,1-2H3. The summed E-state index contributed by atoms with van der Waals surface area (Å²) in [7, 11) is 0. The van der Waals surface area contributed by atoms with Crippen LogP contribution in [-0.2, 0) is 5.11 Å². The average molecular weight is 241 g/mol. The van der Waals surface area contributed by atoms with Gasteiger partial charge in [0.05, 0.1) is 6.61 Å². The van der Waals surface area contributed by atoms with Gasteiger partial charge in [0.2, 0.25) is 0 Å². The van der Waals surface area contributed by atoms with Gasteiger partial charge in [0, 0.05) is 0 Å². The van der Waals surface area contributed by atoms with Gasteiger partial charge < -0.3 is 0 Å². The second-order valence-corrected chi connectivity index (χ2v) is 5.57. The second-order valence-electron chi connectivity index (χ2n) is 5.57. The Kier molecular flexibility index (Phi) is 14.0. The minimum atomic E-state index is 0.116. The van der Waals surface area contributed by atoms with Crippen LogP contribution in [0.25, 0.3) is 0 Å². The maximum atomic E-state index is 10.3. The molecule has 0 aliphatic heterocycles. The lowest BCUT2D eigenvalue weighted by Gasteiger charge is -2.10. The zero-order chi connectivity index (χ0) is 12.8. The highest BCUT2D eigenvalue weighted by molar-refractivity contribution is 4.55. The van der Waals surface area contributed by atoms with Crippen molar-refractivity contribution in [3.8, 4) is 0 Å². The molecule has 0 amide bonds. The van der Waals surface area contributed by atoms with Crippen molar-refractivity contribution in [1.29, 1.82) is 0 Å². The molecule has 0 bridgehead atoms. The molecule has 0 aromatic rings. The van der Waals surface area contributed by atoms with Crippen molar-refractivity contribution in [2.45, 2.75) is 90.9 Å². The predicted molar refractivity (Wildman–Crippen MR) is 75.8 cm³/mol. The normalized spacial score (nSPS) is 12.9. The maximum Gasteiger partial charge on any atom is 0.0822 e. The molecule has 1 unspecified atom stereocenters. The third-order valence-corrected chi connectivity index (χ3v) is 3.64. The summed E-state index contributed by atoms with van der Waals surface area (Å²) in [4.78, 5) is 0. The highest BCUT2D eigenvalue weighted by atomic mass is 16.2. The van der Waals surface area contributed by atoms with Gasteiger partial charge >= 0.3 is 0 Å². The summed E-state index contributed by atoms with van der Waals surface area (Å²) in [6, 6.07) is 0. The van der Waals surface area contributed by atoms with Gasteiger partial charge in [0.1, 0.15) is 0 Å². The molecule has 0 fully saturated rings. The molecule has 0 rings (SSSR count). The Hall–Kier alpha value is -0.0400. The van der Waals surface area contributed by atoms with Gasteiger partial charge in [0.25, 0.3) is 0 Å². The van der Waals surface area contributed by atoms with Crippen LogP contribution in [0.4, 0.5) is 0 Å². The summed E-state index contributed by atoms with van der Waals surface area (Å²) in [6.45, 7) is 4.73. The molecule has 0 aromatic carbocycles. The number of rotatable bonds is 13. The lowest BCUT2D eigenvalue weighted by Crippen LogP contribution is -1.95. The van der Waals surface area contributed by atoms with E-state index < -0.39 is 0 Å². The quantitative estimate of drug-likeness (QED) is 0.366. The van der Waals surface area contributed by atoms with Gasteiger partial charge in [-0.3, -0.25) is 0 Å². The summed E-state index contributed by atoms with van der Waals surface area (Å²) in [6.07, 6.45) is 16.0. The third kappa shape index (κ3) is 13.9. The average Bonchev–Trinajstić information content (AvgIpc) is 2.33. The van der Waals surface area contributed by atoms with E-state index in [9.17, 15) is 5.11 Å². The van der Waals surface area contributed by atoms with Crippen LogP contribution >= 0.6 is 0 Å². The van der Waals surface area contributed by atoms with Gasteiger partial charge in [-0.1, -0.05) is 84.5 Å². The van der Waals surface area contributed by atoms with Crippen molar-refractivity contribution in [2.24, 2.45) is 5.92 Å². The monoisotopic (exact) mass is 241 g/mol. The molecule has 0 N–H and O–H groups in total. The Morgan fingerprint density at radius 1 is 0.706 bits per heavy atom. The minimum absolute atomic E-state index is 0.116. The molecule has 0 aliphatic carbocycles. The number of hydrogen-bond acceptors (Lipinski definition) is 0. The molecular formula is C16H33O. The first-order chi connectivity index (χ1) is 8.31. The lowest BCUT2D eigenvalue weighted by molar-refractivity contribution is 0.184. The van der Waals surface area contributed by atoms with E-state index in [4.69, 9.17) is 0 Å². The van der Waals surface area contributed by atoms with Crippen LogP contribution < -0.4 is 0 Å². The fourth-order valence-corrected chi connectivity index (χ4v) is 2.37. The number of hydrogen-bond donors (Lipinski definition) is 0. The van der Waals surface area contributed by atoms with Crippen LogP contribution in [0.3, 0.4) is 0 Å². The van der Waals surface area contributed by atoms with Crippen LogP contribution in [0.5, 0.6) is 0 Å². The van der Waals surface area contributed by atoms with Crippen LogP contribution in [0, 0.1) is 5.92 Å². The van der Waals surface area contributed by atoms with Crippen molar-refractivity contribution in [2.75, 3.05) is 6.61 Å². The van der Waals surface area contributed by atoms with E-state index in [1.54, 1.807) is 0 Å². The molecular weight excluding hydrogens is 208 g/mol. The van der Waals surface area contributed by atoms with Crippen LogP contribution in [-0.4, -0.2) is 6.61 Å². The first-order valence-electron chi connectivity index (χ1n) is 7.89. The largest absolute Gasteiger partial charge is 0.237 e. The van der Waals surface area contributed by atoms with Gasteiger partial charge in [-0.25, -0.2) is 5.11 Å². The topological polar surface area (TPSA) is 19.9 Å². The van der Waals surface area contributed by atoms with Gasteiger partial charge in [0.15, 0.2) is 0 Å². The van der Waals surface area contributed by atoms with E-state index >= 15 is 0 Å².